The minimum Gasteiger partial charge on any atom is -0.744 e. The summed E-state index contributed by atoms with van der Waals surface area (Å²) in [6.45, 7) is 11.0. The highest BCUT2D eigenvalue weighted by atomic mass is 32.2. The van der Waals surface area contributed by atoms with Gasteiger partial charge in [0.2, 0.25) is 5.36 Å². The van der Waals surface area contributed by atoms with Gasteiger partial charge in [0.05, 0.1) is 11.0 Å². The summed E-state index contributed by atoms with van der Waals surface area (Å²) in [5.41, 5.74) is 3.82. The number of unbranched alkanes of at least 4 members (excludes halogenated alkanes) is 2. The summed E-state index contributed by atoms with van der Waals surface area (Å²) >= 11 is 0. The molecule has 0 fully saturated rings. The number of fused-ring (bicyclic) bond motifs is 2. The number of anilines is 1. The molecule has 0 bridgehead atoms. The second-order valence-electron chi connectivity index (χ2n) is 12.9. The molecule has 1 N–H and O–H groups in total. The number of benzene rings is 2. The Kier molecular flexibility index (Phi) is 9.09. The molecule has 2 aliphatic heterocycles. The Morgan fingerprint density at radius 1 is 1.07 bits per heavy atom. The first kappa shape index (κ1) is 32.2. The Morgan fingerprint density at radius 3 is 2.42 bits per heavy atom. The number of carbonyl (C=O) groups is 1. The quantitative estimate of drug-likeness (QED) is 0.182. The molecule has 0 spiro atoms. The van der Waals surface area contributed by atoms with E-state index in [9.17, 15) is 17.8 Å². The fraction of sp³-hybridized carbons (Fsp3) is 0.412. The predicted octanol–water partition coefficient (Wildman–Crippen LogP) is 5.96. The zero-order valence-corrected chi connectivity index (χ0v) is 26.9. The summed E-state index contributed by atoms with van der Waals surface area (Å²) in [4.78, 5) is 12.9. The predicted molar refractivity (Wildman–Crippen MR) is 169 cm³/mol. The number of nitrogens with zero attached hydrogens (tertiary/aromatic N) is 2. The molecule has 0 radical (unpaired) electrons. The zero-order chi connectivity index (χ0) is 31.7. The summed E-state index contributed by atoms with van der Waals surface area (Å²) in [7, 11) is -0.617. The highest BCUT2D eigenvalue weighted by Gasteiger charge is 2.40. The van der Waals surface area contributed by atoms with E-state index in [-0.39, 0.29) is 16.7 Å². The molecule has 4 rings (SSSR count). The van der Waals surface area contributed by atoms with Gasteiger partial charge in [-0.1, -0.05) is 53.2 Å². The van der Waals surface area contributed by atoms with Crippen molar-refractivity contribution in [2.45, 2.75) is 76.0 Å². The fourth-order valence-electron chi connectivity index (χ4n) is 5.50. The number of allylic oxidation sites excluding steroid dienone is 3. The van der Waals surface area contributed by atoms with Crippen molar-refractivity contribution in [2.75, 3.05) is 25.5 Å². The lowest BCUT2D eigenvalue weighted by Gasteiger charge is -2.27. The van der Waals surface area contributed by atoms with Gasteiger partial charge in [-0.15, -0.1) is 0 Å². The van der Waals surface area contributed by atoms with Crippen LogP contribution >= 0.6 is 0 Å². The monoisotopic (exact) mass is 606 g/mol. The van der Waals surface area contributed by atoms with E-state index in [1.165, 1.54) is 12.1 Å². The van der Waals surface area contributed by atoms with Gasteiger partial charge >= 0.3 is 5.97 Å². The Morgan fingerprint density at radius 2 is 1.79 bits per heavy atom. The number of hydrogen-bond acceptors (Lipinski definition) is 6. The molecule has 230 valence electrons. The molecule has 0 amide bonds. The average molecular weight is 607 g/mol. The van der Waals surface area contributed by atoms with Gasteiger partial charge in [-0.05, 0) is 60.4 Å². The Hall–Kier alpha value is -3.69. The molecule has 1 aromatic carbocycles. The maximum atomic E-state index is 11.8. The van der Waals surface area contributed by atoms with Gasteiger partial charge in [0.1, 0.15) is 35.7 Å². The number of rotatable bonds is 9. The van der Waals surface area contributed by atoms with Crippen molar-refractivity contribution in [3.05, 3.63) is 82.6 Å². The van der Waals surface area contributed by atoms with Gasteiger partial charge in [-0.2, -0.15) is 0 Å². The van der Waals surface area contributed by atoms with Crippen LogP contribution in [-0.2, 0) is 25.7 Å². The lowest BCUT2D eigenvalue weighted by molar-refractivity contribution is -0.137. The third kappa shape index (κ3) is 7.11. The molecule has 3 aliphatic rings. The average Bonchev–Trinajstić information content (AvgIpc) is 3.12. The molecular formula is C34H42N2O6S. The largest absolute Gasteiger partial charge is 0.744 e. The summed E-state index contributed by atoms with van der Waals surface area (Å²) in [6, 6.07) is 12.8. The number of hydrogen-bond donors (Lipinski definition) is 1. The summed E-state index contributed by atoms with van der Waals surface area (Å²) in [6.07, 6.45) is 8.34. The van der Waals surface area contributed by atoms with Crippen LogP contribution in [0.3, 0.4) is 0 Å². The van der Waals surface area contributed by atoms with Gasteiger partial charge in [0.15, 0.2) is 0 Å². The standard InChI is InChI=1S/C34H42N2O6S/c1-33(2,3)31-20-23(26-17-15-24(35(6)7)21-29(26)42-31)12-11-13-30-34(4,5)27-22-25(43(39,40)41)16-18-28(27)36(30)19-10-8-9-14-32(37)38/h11-13,15-18,20-22H,8-10,14,19H2,1-7H3,(H-,37,38,39,40,41). The molecule has 0 saturated carbocycles. The van der Waals surface area contributed by atoms with Crippen LogP contribution in [0.5, 0.6) is 0 Å². The van der Waals surface area contributed by atoms with Crippen molar-refractivity contribution in [1.29, 1.82) is 0 Å². The molecule has 0 atom stereocenters. The molecule has 0 unspecified atom stereocenters. The second kappa shape index (κ2) is 12.1. The highest BCUT2D eigenvalue weighted by Crippen LogP contribution is 2.48. The van der Waals surface area contributed by atoms with E-state index in [0.29, 0.717) is 13.0 Å². The third-order valence-corrected chi connectivity index (χ3v) is 8.82. The lowest BCUT2D eigenvalue weighted by atomic mass is 9.83. The van der Waals surface area contributed by atoms with Crippen molar-refractivity contribution in [3.63, 3.8) is 0 Å². The highest BCUT2D eigenvalue weighted by molar-refractivity contribution is 7.85. The minimum atomic E-state index is -4.61. The van der Waals surface area contributed by atoms with E-state index in [1.54, 1.807) is 6.07 Å². The minimum absolute atomic E-state index is 0.127. The van der Waals surface area contributed by atoms with Gasteiger partial charge in [-0.25, -0.2) is 13.0 Å². The van der Waals surface area contributed by atoms with Crippen LogP contribution in [0.2, 0.25) is 0 Å². The first-order chi connectivity index (χ1) is 20.0. The van der Waals surface area contributed by atoms with E-state index in [2.05, 4.69) is 49.9 Å². The van der Waals surface area contributed by atoms with E-state index in [4.69, 9.17) is 9.52 Å². The van der Waals surface area contributed by atoms with Crippen molar-refractivity contribution >= 4 is 27.9 Å². The molecule has 2 heterocycles. The topological polar surface area (TPSA) is 114 Å². The van der Waals surface area contributed by atoms with Crippen molar-refractivity contribution in [1.82, 2.24) is 4.58 Å². The molecule has 8 nitrogen and oxygen atoms in total. The maximum Gasteiger partial charge on any atom is 0.303 e. The molecule has 1 aromatic rings. The molecule has 0 saturated heterocycles. The van der Waals surface area contributed by atoms with E-state index >= 15 is 0 Å². The Labute approximate surface area is 254 Å². The maximum absolute atomic E-state index is 11.8. The second-order valence-corrected chi connectivity index (χ2v) is 14.3. The van der Waals surface area contributed by atoms with E-state index in [1.807, 2.05) is 50.7 Å². The lowest BCUT2D eigenvalue weighted by Crippen LogP contribution is -2.27. The van der Waals surface area contributed by atoms with Crippen LogP contribution in [-0.4, -0.2) is 44.7 Å². The van der Waals surface area contributed by atoms with Crippen molar-refractivity contribution in [3.8, 4) is 11.3 Å². The van der Waals surface area contributed by atoms with Crippen LogP contribution in [0.25, 0.3) is 17.4 Å². The van der Waals surface area contributed by atoms with Crippen LogP contribution in [0.15, 0.2) is 69.6 Å². The van der Waals surface area contributed by atoms with Crippen molar-refractivity contribution in [2.24, 2.45) is 0 Å². The molecule has 1 aliphatic carbocycles. The summed E-state index contributed by atoms with van der Waals surface area (Å²) < 4.78 is 43.9. The number of carboxylic acid groups (broad SMARTS) is 1. The van der Waals surface area contributed by atoms with Crippen LogP contribution in [0.1, 0.15) is 77.2 Å². The first-order valence-corrected chi connectivity index (χ1v) is 16.0. The molecule has 9 heteroatoms. The first-order valence-electron chi connectivity index (χ1n) is 14.6. The molecule has 0 aromatic heterocycles. The smallest absolute Gasteiger partial charge is 0.303 e. The Balaban J connectivity index is 1.77. The molecule has 43 heavy (non-hydrogen) atoms. The van der Waals surface area contributed by atoms with E-state index in [0.717, 1.165) is 57.8 Å². The van der Waals surface area contributed by atoms with Crippen LogP contribution < -0.4 is 14.8 Å². The SMILES string of the molecule is C[N+](C)=c1ccc2c(/C=C/C=C3\N(CCCCCC(=O)O)c4ccc(S(=O)(=O)[O-])cc4C3(C)C)cc(C(C)(C)C)oc-2c1. The van der Waals surface area contributed by atoms with Crippen LogP contribution in [0.4, 0.5) is 5.69 Å². The molecular weight excluding hydrogens is 564 g/mol. The van der Waals surface area contributed by atoms with Gasteiger partial charge < -0.3 is 19.0 Å². The zero-order valence-electron chi connectivity index (χ0n) is 26.1. The fourth-order valence-corrected chi connectivity index (χ4v) is 6.00. The van der Waals surface area contributed by atoms with Gasteiger partial charge in [0, 0.05) is 46.8 Å². The summed E-state index contributed by atoms with van der Waals surface area (Å²) in [5.74, 6) is 0.860. The number of carboxylic acids is 1. The van der Waals surface area contributed by atoms with E-state index < -0.39 is 21.5 Å². The third-order valence-electron chi connectivity index (χ3n) is 7.99. The number of aliphatic carboxylic acids is 1. The normalized spacial score (nSPS) is 15.9. The summed E-state index contributed by atoms with van der Waals surface area (Å²) in [5, 5.41) is 10.0. The van der Waals surface area contributed by atoms with Gasteiger partial charge in [0.25, 0.3) is 0 Å². The van der Waals surface area contributed by atoms with Crippen molar-refractivity contribution < 1.29 is 27.3 Å². The Bertz CT molecular complexity index is 1730. The van der Waals surface area contributed by atoms with Gasteiger partial charge in [-0.3, -0.25) is 4.79 Å². The van der Waals surface area contributed by atoms with Crippen LogP contribution in [0, 0.1) is 0 Å².